The molecule has 8 heteroatoms. The number of hydrogen-bond acceptors (Lipinski definition) is 5. The van der Waals surface area contributed by atoms with Crippen LogP contribution in [0.15, 0.2) is 45.5 Å². The maximum Gasteiger partial charge on any atom is 0.305 e. The molecule has 1 heterocycles. The smallest absolute Gasteiger partial charge is 0.305 e. The Morgan fingerprint density at radius 2 is 2.08 bits per heavy atom. The van der Waals surface area contributed by atoms with Crippen LogP contribution in [0.1, 0.15) is 29.1 Å². The number of hydrogen-bond donors (Lipinski definition) is 3. The van der Waals surface area contributed by atoms with Gasteiger partial charge in [-0.05, 0) is 52.7 Å². The van der Waals surface area contributed by atoms with Gasteiger partial charge in [0.2, 0.25) is 0 Å². The zero-order valence-corrected chi connectivity index (χ0v) is 14.8. The number of carbonyl (C=O) groups is 2. The molecule has 24 heavy (non-hydrogen) atoms. The van der Waals surface area contributed by atoms with Crippen molar-refractivity contribution in [1.29, 1.82) is 0 Å². The molecule has 128 valence electrons. The number of carbonyl (C=O) groups excluding carboxylic acids is 2. The van der Waals surface area contributed by atoms with Gasteiger partial charge in [0.1, 0.15) is 5.75 Å². The first-order chi connectivity index (χ1) is 11.5. The molecule has 0 saturated carbocycles. The fourth-order valence-corrected chi connectivity index (χ4v) is 2.51. The van der Waals surface area contributed by atoms with Crippen molar-refractivity contribution >= 4 is 27.7 Å². The lowest BCUT2D eigenvalue weighted by Crippen LogP contribution is -2.45. The molecule has 0 aliphatic heterocycles. The Labute approximate surface area is 147 Å². The molecule has 0 bridgehead atoms. The van der Waals surface area contributed by atoms with Crippen molar-refractivity contribution < 1.29 is 18.7 Å². The van der Waals surface area contributed by atoms with Gasteiger partial charge in [-0.2, -0.15) is 0 Å². The van der Waals surface area contributed by atoms with Gasteiger partial charge in [-0.3, -0.25) is 20.4 Å². The van der Waals surface area contributed by atoms with Gasteiger partial charge in [0.05, 0.1) is 24.4 Å². The Hall–Kier alpha value is -2.32. The van der Waals surface area contributed by atoms with E-state index in [1.54, 1.807) is 13.2 Å². The topological polar surface area (TPSA) is 92.6 Å². The average Bonchev–Trinajstić information content (AvgIpc) is 3.12. The third-order valence-corrected chi connectivity index (χ3v) is 3.92. The predicted molar refractivity (Wildman–Crippen MR) is 91.4 cm³/mol. The van der Waals surface area contributed by atoms with Gasteiger partial charge in [0.15, 0.2) is 5.76 Å². The number of benzene rings is 1. The minimum Gasteiger partial charge on any atom is -0.496 e. The van der Waals surface area contributed by atoms with Gasteiger partial charge in [0, 0.05) is 6.04 Å². The zero-order valence-electron chi connectivity index (χ0n) is 13.3. The third kappa shape index (κ3) is 4.84. The van der Waals surface area contributed by atoms with E-state index in [2.05, 4.69) is 32.1 Å². The molecule has 0 saturated heterocycles. The molecular formula is C16H18BrN3O4. The van der Waals surface area contributed by atoms with Crippen molar-refractivity contribution in [3.05, 3.63) is 52.4 Å². The van der Waals surface area contributed by atoms with Crippen molar-refractivity contribution in [2.24, 2.45) is 0 Å². The Bertz CT molecular complexity index is 703. The van der Waals surface area contributed by atoms with Crippen molar-refractivity contribution in [3.63, 3.8) is 0 Å². The second kappa shape index (κ2) is 8.51. The van der Waals surface area contributed by atoms with Crippen molar-refractivity contribution in [3.8, 4) is 5.75 Å². The van der Waals surface area contributed by atoms with E-state index in [-0.39, 0.29) is 24.3 Å². The van der Waals surface area contributed by atoms with E-state index in [0.29, 0.717) is 0 Å². The number of rotatable bonds is 6. The fourth-order valence-electron chi connectivity index (χ4n) is 1.96. The van der Waals surface area contributed by atoms with E-state index in [0.717, 1.165) is 15.8 Å². The lowest BCUT2D eigenvalue weighted by molar-refractivity contribution is -0.121. The molecular weight excluding hydrogens is 378 g/mol. The van der Waals surface area contributed by atoms with E-state index in [1.807, 2.05) is 25.1 Å². The molecule has 0 aliphatic rings. The van der Waals surface area contributed by atoms with Crippen LogP contribution in [0.4, 0.5) is 0 Å². The van der Waals surface area contributed by atoms with Gasteiger partial charge in [-0.15, -0.1) is 0 Å². The lowest BCUT2D eigenvalue weighted by atomic mass is 10.1. The summed E-state index contributed by atoms with van der Waals surface area (Å²) in [5.74, 6) is -0.0149. The van der Waals surface area contributed by atoms with Crippen LogP contribution in [-0.2, 0) is 4.79 Å². The summed E-state index contributed by atoms with van der Waals surface area (Å²) < 4.78 is 10.9. The molecule has 1 aromatic heterocycles. The Morgan fingerprint density at radius 3 is 2.71 bits per heavy atom. The van der Waals surface area contributed by atoms with Gasteiger partial charge in [-0.1, -0.05) is 6.07 Å². The Morgan fingerprint density at radius 1 is 1.29 bits per heavy atom. The number of furan rings is 1. The number of amides is 2. The number of ether oxygens (including phenoxy) is 1. The normalized spacial score (nSPS) is 11.6. The second-order valence-corrected chi connectivity index (χ2v) is 5.83. The summed E-state index contributed by atoms with van der Waals surface area (Å²) in [4.78, 5) is 23.4. The highest BCUT2D eigenvalue weighted by atomic mass is 79.9. The monoisotopic (exact) mass is 395 g/mol. The van der Waals surface area contributed by atoms with Gasteiger partial charge in [-0.25, -0.2) is 0 Å². The third-order valence-electron chi connectivity index (χ3n) is 3.31. The highest BCUT2D eigenvalue weighted by Gasteiger charge is 2.12. The molecule has 7 nitrogen and oxygen atoms in total. The molecule has 1 atom stereocenters. The highest BCUT2D eigenvalue weighted by Crippen LogP contribution is 2.27. The maximum absolute atomic E-state index is 11.8. The summed E-state index contributed by atoms with van der Waals surface area (Å²) >= 11 is 3.43. The minimum absolute atomic E-state index is 0.0449. The fraction of sp³-hybridized carbons (Fsp3) is 0.250. The molecule has 0 radical (unpaired) electrons. The summed E-state index contributed by atoms with van der Waals surface area (Å²) in [7, 11) is 1.60. The number of halogens is 1. The van der Waals surface area contributed by atoms with Gasteiger partial charge < -0.3 is 14.5 Å². The van der Waals surface area contributed by atoms with Gasteiger partial charge >= 0.3 is 5.91 Å². The van der Waals surface area contributed by atoms with Crippen LogP contribution in [0.25, 0.3) is 0 Å². The molecule has 2 aromatic rings. The predicted octanol–water partition coefficient (Wildman–Crippen LogP) is 2.16. The molecule has 0 aliphatic carbocycles. The zero-order chi connectivity index (χ0) is 17.5. The van der Waals surface area contributed by atoms with E-state index >= 15 is 0 Å². The van der Waals surface area contributed by atoms with Crippen LogP contribution in [0, 0.1) is 0 Å². The van der Waals surface area contributed by atoms with E-state index in [9.17, 15) is 9.59 Å². The van der Waals surface area contributed by atoms with Crippen molar-refractivity contribution in [1.82, 2.24) is 16.2 Å². The van der Waals surface area contributed by atoms with Crippen molar-refractivity contribution in [2.75, 3.05) is 13.7 Å². The molecule has 3 N–H and O–H groups in total. The molecule has 2 rings (SSSR count). The van der Waals surface area contributed by atoms with Crippen LogP contribution in [0.2, 0.25) is 0 Å². The Balaban J connectivity index is 1.78. The van der Waals surface area contributed by atoms with Crippen LogP contribution < -0.4 is 20.9 Å². The molecule has 2 amide bonds. The summed E-state index contributed by atoms with van der Waals surface area (Å²) in [6, 6.07) is 8.72. The van der Waals surface area contributed by atoms with E-state index in [4.69, 9.17) is 9.15 Å². The van der Waals surface area contributed by atoms with Crippen LogP contribution >= 0.6 is 15.9 Å². The minimum atomic E-state index is -0.513. The SMILES string of the molecule is COc1ccc([C@H](C)NCC(=O)NNC(=O)c2ccco2)cc1Br. The average molecular weight is 396 g/mol. The largest absolute Gasteiger partial charge is 0.496 e. The quantitative estimate of drug-likeness (QED) is 0.651. The highest BCUT2D eigenvalue weighted by molar-refractivity contribution is 9.10. The molecule has 1 aromatic carbocycles. The summed E-state index contributed by atoms with van der Waals surface area (Å²) in [5, 5.41) is 3.07. The number of methoxy groups -OCH3 is 1. The lowest BCUT2D eigenvalue weighted by Gasteiger charge is -2.15. The molecule has 0 unspecified atom stereocenters. The summed E-state index contributed by atoms with van der Waals surface area (Å²) in [6.45, 7) is 1.98. The number of hydrazine groups is 1. The van der Waals surface area contributed by atoms with Crippen LogP contribution in [-0.4, -0.2) is 25.5 Å². The van der Waals surface area contributed by atoms with Gasteiger partial charge in [0.25, 0.3) is 5.91 Å². The Kier molecular flexibility index (Phi) is 6.39. The summed E-state index contributed by atoms with van der Waals surface area (Å²) in [5.41, 5.74) is 5.59. The first kappa shape index (κ1) is 18.0. The van der Waals surface area contributed by atoms with E-state index < -0.39 is 5.91 Å². The molecule has 0 spiro atoms. The summed E-state index contributed by atoms with van der Waals surface area (Å²) in [6.07, 6.45) is 1.38. The standard InChI is InChI=1S/C16H18BrN3O4/c1-10(11-5-6-13(23-2)12(17)8-11)18-9-15(21)19-20-16(22)14-4-3-7-24-14/h3-8,10,18H,9H2,1-2H3,(H,19,21)(H,20,22)/t10-/m0/s1. The number of nitrogens with one attached hydrogen (secondary N) is 3. The van der Waals surface area contributed by atoms with Crippen LogP contribution in [0.3, 0.4) is 0 Å². The van der Waals surface area contributed by atoms with Crippen LogP contribution in [0.5, 0.6) is 5.75 Å². The molecule has 0 fully saturated rings. The van der Waals surface area contributed by atoms with E-state index in [1.165, 1.54) is 12.3 Å². The first-order valence-corrected chi connectivity index (χ1v) is 8.00. The first-order valence-electron chi connectivity index (χ1n) is 7.20. The maximum atomic E-state index is 11.8. The van der Waals surface area contributed by atoms with Crippen molar-refractivity contribution in [2.45, 2.75) is 13.0 Å². The second-order valence-electron chi connectivity index (χ2n) is 4.98.